The number of carbonyl (C=O) groups excluding carboxylic acids is 3. The predicted molar refractivity (Wildman–Crippen MR) is 188 cm³/mol. The summed E-state index contributed by atoms with van der Waals surface area (Å²) in [6, 6.07) is 3.07. The van der Waals surface area contributed by atoms with E-state index >= 15 is 0 Å². The zero-order valence-corrected chi connectivity index (χ0v) is 32.0. The number of hydrogen-bond acceptors (Lipinski definition) is 11. The van der Waals surface area contributed by atoms with Crippen LogP contribution in [0.25, 0.3) is 6.08 Å². The van der Waals surface area contributed by atoms with Crippen molar-refractivity contribution in [2.75, 3.05) is 18.3 Å². The lowest BCUT2D eigenvalue weighted by atomic mass is 9.99. The number of benzene rings is 1. The van der Waals surface area contributed by atoms with Crippen LogP contribution in [0.5, 0.6) is 5.75 Å². The number of hydrogen-bond donors (Lipinski definition) is 2. The fourth-order valence-electron chi connectivity index (χ4n) is 4.76. The first kappa shape index (κ1) is 40.4. The lowest BCUT2D eigenvalue weighted by Crippen LogP contribution is -2.44. The second-order valence-corrected chi connectivity index (χ2v) is 20.4. The molecule has 1 saturated heterocycles. The van der Waals surface area contributed by atoms with E-state index in [1.54, 1.807) is 65.8 Å². The van der Waals surface area contributed by atoms with Gasteiger partial charge in [-0.25, -0.2) is 9.59 Å². The molecule has 0 spiro atoms. The number of anilines is 1. The summed E-state index contributed by atoms with van der Waals surface area (Å²) in [7, 11) is -2.62. The van der Waals surface area contributed by atoms with E-state index in [-0.39, 0.29) is 40.2 Å². The van der Waals surface area contributed by atoms with Crippen molar-refractivity contribution in [3.05, 3.63) is 41.5 Å². The third-order valence-electron chi connectivity index (χ3n) is 8.62. The van der Waals surface area contributed by atoms with E-state index in [2.05, 4.69) is 20.8 Å². The van der Waals surface area contributed by atoms with Gasteiger partial charge in [0.2, 0.25) is 0 Å². The Labute approximate surface area is 291 Å². The molecule has 0 bridgehead atoms. The molecule has 1 amide bonds. The number of amides is 1. The largest absolute Gasteiger partial charge is 0.543 e. The number of fused-ring (bicyclic) bond motifs is 2. The average molecular weight is 706 g/mol. The fraction of sp³-hybridized carbons (Fsp3) is 0.639. The second-order valence-electron chi connectivity index (χ2n) is 15.6. The van der Waals surface area contributed by atoms with Crippen LogP contribution in [-0.2, 0) is 28.6 Å². The minimum absolute atomic E-state index is 0.140. The molecule has 0 radical (unpaired) electrons. The summed E-state index contributed by atoms with van der Waals surface area (Å²) < 4.78 is 30.5. The lowest BCUT2D eigenvalue weighted by Gasteiger charge is -2.37. The first-order chi connectivity index (χ1) is 22.4. The molecule has 2 aliphatic heterocycles. The van der Waals surface area contributed by atoms with E-state index in [9.17, 15) is 24.6 Å². The molecule has 0 aliphatic carbocycles. The van der Waals surface area contributed by atoms with Crippen molar-refractivity contribution < 1.29 is 52.8 Å². The van der Waals surface area contributed by atoms with Gasteiger partial charge in [0.25, 0.3) is 8.32 Å². The number of hydroxylamine groups is 1. The van der Waals surface area contributed by atoms with Gasteiger partial charge in [-0.05, 0) is 83.8 Å². The third kappa shape index (κ3) is 10.7. The topological polar surface area (TPSA) is 150 Å². The van der Waals surface area contributed by atoms with Crippen molar-refractivity contribution in [2.45, 2.75) is 130 Å². The SMILES string of the molecule is C[C@@H]1C=CC(=O)[C@H]2OC(C)(C)O[C@H]2CC=Cc2cc(N(OCC(O)CO)C(=O)OC(C)(C)C)cc(O[Si](C)(C)C(C)(C)C)c2C(=O)O[C@H]1C. The smallest absolute Gasteiger partial charge is 0.439 e. The Morgan fingerprint density at radius 1 is 1.08 bits per heavy atom. The van der Waals surface area contributed by atoms with Crippen LogP contribution in [0.1, 0.15) is 91.6 Å². The van der Waals surface area contributed by atoms with Gasteiger partial charge >= 0.3 is 12.1 Å². The first-order valence-corrected chi connectivity index (χ1v) is 19.6. The molecule has 3 rings (SSSR count). The molecular weight excluding hydrogens is 650 g/mol. The molecule has 0 saturated carbocycles. The van der Waals surface area contributed by atoms with Crippen LogP contribution in [0.4, 0.5) is 10.5 Å². The number of esters is 1. The molecule has 1 aromatic carbocycles. The Bertz CT molecular complexity index is 1420. The lowest BCUT2D eigenvalue weighted by molar-refractivity contribution is -0.152. The summed E-state index contributed by atoms with van der Waals surface area (Å²) in [5.41, 5.74) is -0.284. The minimum atomic E-state index is -2.62. The number of ketones is 1. The Morgan fingerprint density at radius 3 is 2.33 bits per heavy atom. The molecular formula is C36H55NO11Si. The van der Waals surface area contributed by atoms with Crippen molar-refractivity contribution in [1.29, 1.82) is 0 Å². The molecule has 13 heteroatoms. The third-order valence-corrected chi connectivity index (χ3v) is 13.0. The molecule has 2 N–H and O–H groups in total. The summed E-state index contributed by atoms with van der Waals surface area (Å²) in [5, 5.41) is 20.1. The fourth-order valence-corrected chi connectivity index (χ4v) is 5.77. The number of aliphatic hydroxyl groups excluding tert-OH is 2. The van der Waals surface area contributed by atoms with Gasteiger partial charge in [-0.2, -0.15) is 5.06 Å². The summed E-state index contributed by atoms with van der Waals surface area (Å²) in [6.07, 6.45) is 2.58. The Morgan fingerprint density at radius 2 is 1.73 bits per heavy atom. The standard InChI is InChI=1S/C36H55NO11Si/c1-22-16-17-27(40)31-28(45-36(9,10)46-31)15-13-14-24-18-25(37(43-21-26(39)20-38)33(42)47-34(3,4)5)19-29(30(24)32(41)44-23(22)2)48-49(11,12)35(6,7)8/h13-14,16-19,22-23,26,28,31,38-39H,15,20-21H2,1-12H3/t22-,23+,26?,28+,31-/m1/s1. The highest BCUT2D eigenvalue weighted by Crippen LogP contribution is 2.41. The quantitative estimate of drug-likeness (QED) is 0.186. The van der Waals surface area contributed by atoms with E-state index < -0.39 is 69.4 Å². The summed E-state index contributed by atoms with van der Waals surface area (Å²) in [4.78, 5) is 46.6. The highest BCUT2D eigenvalue weighted by Gasteiger charge is 2.44. The maximum Gasteiger partial charge on any atom is 0.439 e. The van der Waals surface area contributed by atoms with Crippen molar-refractivity contribution in [1.82, 2.24) is 0 Å². The molecule has 274 valence electrons. The summed E-state index contributed by atoms with van der Waals surface area (Å²) in [5.74, 6) is -2.06. The minimum Gasteiger partial charge on any atom is -0.543 e. The van der Waals surface area contributed by atoms with Crippen LogP contribution in [0.15, 0.2) is 30.4 Å². The van der Waals surface area contributed by atoms with Crippen LogP contribution < -0.4 is 9.49 Å². The van der Waals surface area contributed by atoms with Crippen molar-refractivity contribution >= 4 is 37.9 Å². The van der Waals surface area contributed by atoms with E-state index in [4.69, 9.17) is 28.2 Å². The molecule has 2 aliphatic rings. The highest BCUT2D eigenvalue weighted by molar-refractivity contribution is 6.74. The van der Waals surface area contributed by atoms with Gasteiger partial charge in [0.1, 0.15) is 41.8 Å². The number of carbonyl (C=O) groups is 3. The highest BCUT2D eigenvalue weighted by atomic mass is 28.4. The molecule has 1 fully saturated rings. The van der Waals surface area contributed by atoms with Crippen molar-refractivity contribution in [2.24, 2.45) is 5.92 Å². The average Bonchev–Trinajstić information content (AvgIpc) is 3.27. The van der Waals surface area contributed by atoms with Crippen LogP contribution >= 0.6 is 0 Å². The van der Waals surface area contributed by atoms with Crippen LogP contribution in [0, 0.1) is 5.92 Å². The molecule has 1 aromatic rings. The zero-order valence-electron chi connectivity index (χ0n) is 31.0. The zero-order chi connectivity index (χ0) is 37.1. The Kier molecular flexibility index (Phi) is 12.7. The normalized spacial score (nSPS) is 24.0. The summed E-state index contributed by atoms with van der Waals surface area (Å²) in [6.45, 7) is 21.4. The van der Waals surface area contributed by atoms with Crippen LogP contribution in [0.3, 0.4) is 0 Å². The first-order valence-electron chi connectivity index (χ1n) is 16.7. The molecule has 5 atom stereocenters. The van der Waals surface area contributed by atoms with Gasteiger partial charge in [-0.3, -0.25) is 9.63 Å². The molecule has 12 nitrogen and oxygen atoms in total. The summed E-state index contributed by atoms with van der Waals surface area (Å²) >= 11 is 0. The number of aliphatic hydroxyl groups is 2. The van der Waals surface area contributed by atoms with Gasteiger partial charge in [-0.1, -0.05) is 45.9 Å². The van der Waals surface area contributed by atoms with Gasteiger partial charge in [0.05, 0.1) is 18.4 Å². The molecule has 49 heavy (non-hydrogen) atoms. The Hall–Kier alpha value is -3.07. The van der Waals surface area contributed by atoms with E-state index in [1.807, 2.05) is 20.0 Å². The van der Waals surface area contributed by atoms with E-state index in [1.165, 1.54) is 12.1 Å². The maximum absolute atomic E-state index is 14.1. The van der Waals surface area contributed by atoms with Gasteiger partial charge in [-0.15, -0.1) is 0 Å². The van der Waals surface area contributed by atoms with Crippen molar-refractivity contribution in [3.63, 3.8) is 0 Å². The molecule has 2 heterocycles. The predicted octanol–water partition coefficient (Wildman–Crippen LogP) is 6.34. The number of rotatable bonds is 7. The van der Waals surface area contributed by atoms with E-state index in [0.717, 1.165) is 5.06 Å². The monoisotopic (exact) mass is 705 g/mol. The number of ether oxygens (including phenoxy) is 4. The van der Waals surface area contributed by atoms with Crippen LogP contribution in [0.2, 0.25) is 18.1 Å². The Balaban J connectivity index is 2.30. The molecule has 0 aromatic heterocycles. The van der Waals surface area contributed by atoms with Gasteiger partial charge in [0.15, 0.2) is 11.6 Å². The van der Waals surface area contributed by atoms with E-state index in [0.29, 0.717) is 5.56 Å². The van der Waals surface area contributed by atoms with Gasteiger partial charge < -0.3 is 33.6 Å². The molecule has 1 unspecified atom stereocenters. The van der Waals surface area contributed by atoms with Crippen LogP contribution in [-0.4, -0.2) is 85.4 Å². The van der Waals surface area contributed by atoms with Gasteiger partial charge in [0, 0.05) is 12.0 Å². The number of cyclic esters (lactones) is 1. The number of nitrogens with zero attached hydrogens (tertiary/aromatic N) is 1. The van der Waals surface area contributed by atoms with Crippen molar-refractivity contribution in [3.8, 4) is 5.75 Å². The maximum atomic E-state index is 14.1. The second kappa shape index (κ2) is 15.4.